The SMILES string of the molecule is COC(=O)C[C@H](NC(=O)C1CCCC1)c1ccccc1Cl. The molecular formula is C16H20ClNO3. The smallest absolute Gasteiger partial charge is 0.307 e. The molecule has 1 amide bonds. The summed E-state index contributed by atoms with van der Waals surface area (Å²) < 4.78 is 4.72. The molecular weight excluding hydrogens is 290 g/mol. The number of benzene rings is 1. The van der Waals surface area contributed by atoms with E-state index in [4.69, 9.17) is 16.3 Å². The molecule has 1 saturated carbocycles. The summed E-state index contributed by atoms with van der Waals surface area (Å²) >= 11 is 6.19. The quantitative estimate of drug-likeness (QED) is 0.849. The number of nitrogens with one attached hydrogen (secondary N) is 1. The summed E-state index contributed by atoms with van der Waals surface area (Å²) in [6.45, 7) is 0. The summed E-state index contributed by atoms with van der Waals surface area (Å²) in [6, 6.07) is 6.79. The van der Waals surface area contributed by atoms with Gasteiger partial charge in [0, 0.05) is 10.9 Å². The van der Waals surface area contributed by atoms with Gasteiger partial charge in [-0.05, 0) is 24.5 Å². The zero-order valence-electron chi connectivity index (χ0n) is 12.1. The van der Waals surface area contributed by atoms with Gasteiger partial charge in [0.25, 0.3) is 0 Å². The normalized spacial score (nSPS) is 16.5. The van der Waals surface area contributed by atoms with Crippen LogP contribution in [0.4, 0.5) is 0 Å². The van der Waals surface area contributed by atoms with Crippen molar-refractivity contribution in [1.82, 2.24) is 5.32 Å². The molecule has 0 aromatic heterocycles. The number of hydrogen-bond donors (Lipinski definition) is 1. The second kappa shape index (κ2) is 7.46. The minimum atomic E-state index is -0.445. The lowest BCUT2D eigenvalue weighted by Gasteiger charge is -2.21. The first kappa shape index (κ1) is 15.8. The maximum absolute atomic E-state index is 12.3. The molecule has 2 rings (SSSR count). The summed E-state index contributed by atoms with van der Waals surface area (Å²) in [5, 5.41) is 3.50. The Morgan fingerprint density at radius 2 is 2.00 bits per heavy atom. The highest BCUT2D eigenvalue weighted by Gasteiger charge is 2.27. The molecule has 4 nitrogen and oxygen atoms in total. The van der Waals surface area contributed by atoms with Gasteiger partial charge in [-0.25, -0.2) is 0 Å². The molecule has 0 heterocycles. The van der Waals surface area contributed by atoms with Crippen LogP contribution in [0.2, 0.25) is 5.02 Å². The van der Waals surface area contributed by atoms with Gasteiger partial charge in [0.2, 0.25) is 5.91 Å². The molecule has 1 aromatic rings. The summed E-state index contributed by atoms with van der Waals surface area (Å²) in [6.07, 6.45) is 4.09. The van der Waals surface area contributed by atoms with E-state index in [-0.39, 0.29) is 24.2 Å². The number of carbonyl (C=O) groups is 2. The van der Waals surface area contributed by atoms with Crippen molar-refractivity contribution in [3.8, 4) is 0 Å². The lowest BCUT2D eigenvalue weighted by Crippen LogP contribution is -2.34. The van der Waals surface area contributed by atoms with E-state index in [1.807, 2.05) is 18.2 Å². The second-order valence-electron chi connectivity index (χ2n) is 5.34. The standard InChI is InChI=1S/C16H20ClNO3/c1-21-15(19)10-14(12-8-4-5-9-13(12)17)18-16(20)11-6-2-3-7-11/h4-5,8-9,11,14H,2-3,6-7,10H2,1H3,(H,18,20)/t14-/m0/s1. The van der Waals surface area contributed by atoms with Crippen LogP contribution in [-0.2, 0) is 14.3 Å². The first-order valence-electron chi connectivity index (χ1n) is 7.23. The molecule has 0 aliphatic heterocycles. The van der Waals surface area contributed by atoms with E-state index in [9.17, 15) is 9.59 Å². The average Bonchev–Trinajstić information content (AvgIpc) is 3.01. The van der Waals surface area contributed by atoms with Gasteiger partial charge in [-0.1, -0.05) is 42.6 Å². The van der Waals surface area contributed by atoms with E-state index in [1.165, 1.54) is 7.11 Å². The molecule has 0 spiro atoms. The average molecular weight is 310 g/mol. The summed E-state index contributed by atoms with van der Waals surface area (Å²) in [5.74, 6) is -0.319. The topological polar surface area (TPSA) is 55.4 Å². The Kier molecular flexibility index (Phi) is 5.62. The molecule has 1 atom stereocenters. The highest BCUT2D eigenvalue weighted by molar-refractivity contribution is 6.31. The van der Waals surface area contributed by atoms with Gasteiger partial charge < -0.3 is 10.1 Å². The third-order valence-electron chi connectivity index (χ3n) is 3.92. The minimum absolute atomic E-state index is 0.00122. The minimum Gasteiger partial charge on any atom is -0.469 e. The third-order valence-corrected chi connectivity index (χ3v) is 4.27. The van der Waals surface area contributed by atoms with Crippen LogP contribution in [0.1, 0.15) is 43.7 Å². The first-order chi connectivity index (χ1) is 10.1. The predicted molar refractivity (Wildman–Crippen MR) is 80.9 cm³/mol. The van der Waals surface area contributed by atoms with Gasteiger partial charge >= 0.3 is 5.97 Å². The van der Waals surface area contributed by atoms with Crippen molar-refractivity contribution in [1.29, 1.82) is 0 Å². The fourth-order valence-electron chi connectivity index (χ4n) is 2.72. The van der Waals surface area contributed by atoms with Crippen LogP contribution in [0.3, 0.4) is 0 Å². The Bertz CT molecular complexity index is 512. The Morgan fingerprint density at radius 3 is 2.62 bits per heavy atom. The number of carbonyl (C=O) groups excluding carboxylic acids is 2. The van der Waals surface area contributed by atoms with Crippen molar-refractivity contribution in [3.05, 3.63) is 34.9 Å². The maximum Gasteiger partial charge on any atom is 0.307 e. The summed E-state index contributed by atoms with van der Waals surface area (Å²) in [7, 11) is 1.34. The van der Waals surface area contributed by atoms with Crippen LogP contribution in [0.5, 0.6) is 0 Å². The van der Waals surface area contributed by atoms with Crippen LogP contribution in [-0.4, -0.2) is 19.0 Å². The zero-order chi connectivity index (χ0) is 15.2. The van der Waals surface area contributed by atoms with E-state index >= 15 is 0 Å². The Morgan fingerprint density at radius 1 is 1.33 bits per heavy atom. The monoisotopic (exact) mass is 309 g/mol. The highest BCUT2D eigenvalue weighted by atomic mass is 35.5. The number of esters is 1. The van der Waals surface area contributed by atoms with Crippen molar-refractivity contribution in [3.63, 3.8) is 0 Å². The van der Waals surface area contributed by atoms with Crippen molar-refractivity contribution in [2.75, 3.05) is 7.11 Å². The molecule has 1 aliphatic rings. The number of rotatable bonds is 5. The van der Waals surface area contributed by atoms with Crippen LogP contribution in [0.15, 0.2) is 24.3 Å². The number of halogens is 1. The predicted octanol–water partition coefficient (Wildman–Crippen LogP) is 3.25. The van der Waals surface area contributed by atoms with Crippen LogP contribution < -0.4 is 5.32 Å². The molecule has 5 heteroatoms. The van der Waals surface area contributed by atoms with Gasteiger partial charge in [0.15, 0.2) is 0 Å². The molecule has 21 heavy (non-hydrogen) atoms. The van der Waals surface area contributed by atoms with Crippen LogP contribution >= 0.6 is 11.6 Å². The van der Waals surface area contributed by atoms with Crippen LogP contribution in [0, 0.1) is 5.92 Å². The lowest BCUT2D eigenvalue weighted by molar-refractivity contribution is -0.141. The number of hydrogen-bond acceptors (Lipinski definition) is 3. The highest BCUT2D eigenvalue weighted by Crippen LogP contribution is 2.29. The Hall–Kier alpha value is -1.55. The van der Waals surface area contributed by atoms with E-state index in [0.717, 1.165) is 31.2 Å². The molecule has 1 aromatic carbocycles. The summed E-state index contributed by atoms with van der Waals surface area (Å²) in [4.78, 5) is 23.9. The van der Waals surface area contributed by atoms with Crippen LogP contribution in [0.25, 0.3) is 0 Å². The lowest BCUT2D eigenvalue weighted by atomic mass is 10.0. The van der Waals surface area contributed by atoms with E-state index in [0.29, 0.717) is 5.02 Å². The number of ether oxygens (including phenoxy) is 1. The van der Waals surface area contributed by atoms with E-state index in [2.05, 4.69) is 5.32 Å². The fourth-order valence-corrected chi connectivity index (χ4v) is 2.99. The largest absolute Gasteiger partial charge is 0.469 e. The molecule has 1 N–H and O–H groups in total. The first-order valence-corrected chi connectivity index (χ1v) is 7.61. The van der Waals surface area contributed by atoms with Gasteiger partial charge in [0.1, 0.15) is 0 Å². The van der Waals surface area contributed by atoms with Gasteiger partial charge in [0.05, 0.1) is 19.6 Å². The molecule has 114 valence electrons. The number of amides is 1. The van der Waals surface area contributed by atoms with Crippen molar-refractivity contribution in [2.45, 2.75) is 38.1 Å². The molecule has 0 unspecified atom stereocenters. The van der Waals surface area contributed by atoms with E-state index < -0.39 is 6.04 Å². The molecule has 0 bridgehead atoms. The molecule has 1 aliphatic carbocycles. The fraction of sp³-hybridized carbons (Fsp3) is 0.500. The van der Waals surface area contributed by atoms with E-state index in [1.54, 1.807) is 6.07 Å². The molecule has 1 fully saturated rings. The summed E-state index contributed by atoms with van der Waals surface area (Å²) in [5.41, 5.74) is 0.746. The number of methoxy groups -OCH3 is 1. The second-order valence-corrected chi connectivity index (χ2v) is 5.75. The van der Waals surface area contributed by atoms with Crippen molar-refractivity contribution < 1.29 is 14.3 Å². The van der Waals surface area contributed by atoms with Gasteiger partial charge in [-0.15, -0.1) is 0 Å². The third kappa shape index (κ3) is 4.21. The maximum atomic E-state index is 12.3. The Labute approximate surface area is 129 Å². The molecule has 0 radical (unpaired) electrons. The van der Waals surface area contributed by atoms with Crippen molar-refractivity contribution in [2.24, 2.45) is 5.92 Å². The van der Waals surface area contributed by atoms with Gasteiger partial charge in [-0.3, -0.25) is 9.59 Å². The zero-order valence-corrected chi connectivity index (χ0v) is 12.9. The molecule has 0 saturated heterocycles. The van der Waals surface area contributed by atoms with Crippen molar-refractivity contribution >= 4 is 23.5 Å². The Balaban J connectivity index is 2.13. The van der Waals surface area contributed by atoms with Gasteiger partial charge in [-0.2, -0.15) is 0 Å².